The topological polar surface area (TPSA) is 108 Å². The number of carboxylic acids is 1. The SMILES string of the molecule is Cl.Cl.O=C(O)c1c(OC2CN(Cc3ncc[nH]3)C2)ccc2c1OB(O)CC2. The number of rotatable bonds is 5. The number of H-pyrrole nitrogens is 1. The number of aryl methyl sites for hydroxylation is 1. The largest absolute Gasteiger partial charge is 0.535 e. The maximum Gasteiger partial charge on any atom is 0.522 e. The molecule has 0 atom stereocenters. The normalized spacial score (nSPS) is 16.3. The maximum atomic E-state index is 11.7. The van der Waals surface area contributed by atoms with Gasteiger partial charge in [0.2, 0.25) is 0 Å². The quantitative estimate of drug-likeness (QED) is 0.637. The van der Waals surface area contributed by atoms with Crippen LogP contribution in [0.1, 0.15) is 21.7 Å². The van der Waals surface area contributed by atoms with Gasteiger partial charge in [-0.25, -0.2) is 9.78 Å². The Kier molecular flexibility index (Phi) is 6.99. The fourth-order valence-corrected chi connectivity index (χ4v) is 3.22. The maximum absolute atomic E-state index is 11.7. The van der Waals surface area contributed by atoms with Crippen molar-refractivity contribution in [3.05, 3.63) is 41.5 Å². The van der Waals surface area contributed by atoms with Crippen molar-refractivity contribution in [1.29, 1.82) is 0 Å². The van der Waals surface area contributed by atoms with Crippen molar-refractivity contribution in [2.75, 3.05) is 13.1 Å². The Labute approximate surface area is 168 Å². The third kappa shape index (κ3) is 4.49. The number of fused-ring (bicyclic) bond motifs is 1. The number of nitrogens with one attached hydrogen (secondary N) is 1. The lowest BCUT2D eigenvalue weighted by atomic mass is 9.78. The van der Waals surface area contributed by atoms with Gasteiger partial charge in [0.25, 0.3) is 0 Å². The Hall–Kier alpha value is -1.94. The monoisotopic (exact) mass is 415 g/mol. The molecule has 0 unspecified atom stereocenters. The van der Waals surface area contributed by atoms with Crippen molar-refractivity contribution in [3.8, 4) is 11.5 Å². The fourth-order valence-electron chi connectivity index (χ4n) is 3.22. The average molecular weight is 416 g/mol. The van der Waals surface area contributed by atoms with Crippen LogP contribution in [0, 0.1) is 0 Å². The Morgan fingerprint density at radius 1 is 1.41 bits per heavy atom. The highest BCUT2D eigenvalue weighted by atomic mass is 35.5. The lowest BCUT2D eigenvalue weighted by Crippen LogP contribution is -2.53. The van der Waals surface area contributed by atoms with Gasteiger partial charge in [-0.15, -0.1) is 24.8 Å². The Bertz CT molecular complexity index is 787. The molecule has 2 aliphatic rings. The van der Waals surface area contributed by atoms with Gasteiger partial charge in [0.1, 0.15) is 29.0 Å². The summed E-state index contributed by atoms with van der Waals surface area (Å²) in [5.41, 5.74) is 0.767. The zero-order chi connectivity index (χ0) is 17.4. The number of aromatic nitrogens is 2. The van der Waals surface area contributed by atoms with Crippen LogP contribution < -0.4 is 9.39 Å². The average Bonchev–Trinajstić information content (AvgIpc) is 3.05. The van der Waals surface area contributed by atoms with Crippen LogP contribution in [0.5, 0.6) is 11.5 Å². The number of benzene rings is 1. The number of carboxylic acid groups (broad SMARTS) is 1. The molecule has 3 heterocycles. The van der Waals surface area contributed by atoms with E-state index in [1.165, 1.54) is 0 Å². The van der Waals surface area contributed by atoms with E-state index in [1.54, 1.807) is 18.5 Å². The van der Waals surface area contributed by atoms with Crippen molar-refractivity contribution in [3.63, 3.8) is 0 Å². The van der Waals surface area contributed by atoms with Gasteiger partial charge >= 0.3 is 13.1 Å². The van der Waals surface area contributed by atoms with Gasteiger partial charge in [-0.1, -0.05) is 6.07 Å². The number of hydrogen-bond acceptors (Lipinski definition) is 6. The van der Waals surface area contributed by atoms with E-state index in [2.05, 4.69) is 14.9 Å². The molecule has 27 heavy (non-hydrogen) atoms. The molecule has 0 amide bonds. The van der Waals surface area contributed by atoms with Crippen LogP contribution in [0.25, 0.3) is 0 Å². The fraction of sp³-hybridized carbons (Fsp3) is 0.375. The minimum Gasteiger partial charge on any atom is -0.535 e. The first-order valence-electron chi connectivity index (χ1n) is 8.21. The van der Waals surface area contributed by atoms with Gasteiger partial charge in [-0.3, -0.25) is 4.90 Å². The number of carbonyl (C=O) groups is 1. The number of aromatic carboxylic acids is 1. The molecule has 3 N–H and O–H groups in total. The molecule has 0 aliphatic carbocycles. The number of aromatic amines is 1. The number of ether oxygens (including phenoxy) is 1. The van der Waals surface area contributed by atoms with Gasteiger partial charge in [0.05, 0.1) is 6.54 Å². The summed E-state index contributed by atoms with van der Waals surface area (Å²) in [5, 5.41) is 19.2. The van der Waals surface area contributed by atoms with E-state index in [0.717, 1.165) is 11.4 Å². The van der Waals surface area contributed by atoms with Crippen molar-refractivity contribution in [2.24, 2.45) is 0 Å². The molecule has 146 valence electrons. The van der Waals surface area contributed by atoms with Crippen molar-refractivity contribution >= 4 is 37.9 Å². The first-order valence-corrected chi connectivity index (χ1v) is 8.21. The Morgan fingerprint density at radius 2 is 2.19 bits per heavy atom. The number of halogens is 2. The van der Waals surface area contributed by atoms with Gasteiger partial charge in [0.15, 0.2) is 0 Å². The smallest absolute Gasteiger partial charge is 0.522 e. The molecule has 0 radical (unpaired) electrons. The van der Waals surface area contributed by atoms with Crippen LogP contribution >= 0.6 is 24.8 Å². The Morgan fingerprint density at radius 3 is 2.85 bits per heavy atom. The first kappa shape index (κ1) is 21.4. The molecule has 0 bridgehead atoms. The lowest BCUT2D eigenvalue weighted by Gasteiger charge is -2.38. The summed E-state index contributed by atoms with van der Waals surface area (Å²) in [7, 11) is -0.978. The minimum atomic E-state index is -1.12. The minimum absolute atomic E-state index is 0. The van der Waals surface area contributed by atoms with Gasteiger partial charge in [-0.05, 0) is 24.4 Å². The van der Waals surface area contributed by atoms with E-state index in [-0.39, 0.29) is 48.0 Å². The predicted octanol–water partition coefficient (Wildman–Crippen LogP) is 1.63. The molecule has 8 nitrogen and oxygen atoms in total. The van der Waals surface area contributed by atoms with Crippen LogP contribution in [0.15, 0.2) is 24.5 Å². The Balaban J connectivity index is 0.00000131. The van der Waals surface area contributed by atoms with Crippen LogP contribution in [0.3, 0.4) is 0 Å². The highest BCUT2D eigenvalue weighted by molar-refractivity contribution is 6.44. The van der Waals surface area contributed by atoms with E-state index in [4.69, 9.17) is 9.39 Å². The third-order valence-electron chi connectivity index (χ3n) is 4.47. The highest BCUT2D eigenvalue weighted by Crippen LogP contribution is 2.37. The van der Waals surface area contributed by atoms with Gasteiger partial charge in [0, 0.05) is 25.5 Å². The standard InChI is InChI=1S/C16H18BN3O5.2ClH/c21-16(22)14-12(2-1-10-3-4-17(23)25-15(10)14)24-11-7-20(8-11)9-13-18-5-6-19-13;;/h1-2,5-6,11,23H,3-4,7-9H2,(H,18,19)(H,21,22);2*1H. The molecular formula is C16H20BCl2N3O5. The molecule has 1 saturated heterocycles. The van der Waals surface area contributed by atoms with E-state index in [0.29, 0.717) is 32.4 Å². The molecule has 1 aromatic carbocycles. The summed E-state index contributed by atoms with van der Waals surface area (Å²) in [5.74, 6) is 0.270. The molecule has 2 aliphatic heterocycles. The van der Waals surface area contributed by atoms with E-state index < -0.39 is 13.1 Å². The van der Waals surface area contributed by atoms with E-state index in [1.807, 2.05) is 6.07 Å². The molecule has 1 aromatic heterocycles. The summed E-state index contributed by atoms with van der Waals surface area (Å²) in [6.45, 7) is 2.10. The number of imidazole rings is 1. The number of hydrogen-bond donors (Lipinski definition) is 3. The first-order chi connectivity index (χ1) is 12.1. The van der Waals surface area contributed by atoms with Crippen LogP contribution in [-0.4, -0.2) is 57.3 Å². The van der Waals surface area contributed by atoms with Crippen LogP contribution in [0.4, 0.5) is 0 Å². The van der Waals surface area contributed by atoms with E-state index in [9.17, 15) is 14.9 Å². The van der Waals surface area contributed by atoms with E-state index >= 15 is 0 Å². The van der Waals surface area contributed by atoms with Gasteiger partial charge in [-0.2, -0.15) is 0 Å². The summed E-state index contributed by atoms with van der Waals surface area (Å²) in [6.07, 6.45) is 4.45. The summed E-state index contributed by atoms with van der Waals surface area (Å²) in [4.78, 5) is 21.1. The van der Waals surface area contributed by atoms with Gasteiger partial charge < -0.3 is 24.5 Å². The number of likely N-dealkylation sites (tertiary alicyclic amines) is 1. The molecule has 0 spiro atoms. The van der Waals surface area contributed by atoms with Crippen molar-refractivity contribution in [1.82, 2.24) is 14.9 Å². The molecular weight excluding hydrogens is 396 g/mol. The lowest BCUT2D eigenvalue weighted by molar-refractivity contribution is 0.0121. The molecule has 4 rings (SSSR count). The summed E-state index contributed by atoms with van der Waals surface area (Å²) in [6, 6.07) is 3.49. The molecule has 0 saturated carbocycles. The summed E-state index contributed by atoms with van der Waals surface area (Å²) >= 11 is 0. The second-order valence-electron chi connectivity index (χ2n) is 6.31. The molecule has 2 aromatic rings. The number of nitrogens with zero attached hydrogens (tertiary/aromatic N) is 2. The second-order valence-corrected chi connectivity index (χ2v) is 6.31. The second kappa shape index (κ2) is 8.84. The highest BCUT2D eigenvalue weighted by Gasteiger charge is 2.33. The zero-order valence-corrected chi connectivity index (χ0v) is 16.0. The van der Waals surface area contributed by atoms with Crippen LogP contribution in [0.2, 0.25) is 6.32 Å². The van der Waals surface area contributed by atoms with Crippen molar-refractivity contribution in [2.45, 2.75) is 25.4 Å². The summed E-state index contributed by atoms with van der Waals surface area (Å²) < 4.78 is 11.2. The third-order valence-corrected chi connectivity index (χ3v) is 4.47. The molecule has 1 fully saturated rings. The van der Waals surface area contributed by atoms with Crippen LogP contribution in [-0.2, 0) is 13.0 Å². The van der Waals surface area contributed by atoms with Crippen molar-refractivity contribution < 1.29 is 24.3 Å². The zero-order valence-electron chi connectivity index (χ0n) is 14.3. The predicted molar refractivity (Wildman–Crippen MR) is 103 cm³/mol. The molecule has 11 heteroatoms.